The van der Waals surface area contributed by atoms with Gasteiger partial charge >= 0.3 is 0 Å². The molecule has 70 valence electrons. The largest absolute Gasteiger partial charge is 0.309 e. The lowest BCUT2D eigenvalue weighted by Crippen LogP contribution is -2.51. The summed E-state index contributed by atoms with van der Waals surface area (Å²) in [4.78, 5) is 0. The van der Waals surface area contributed by atoms with Gasteiger partial charge in [-0.2, -0.15) is 11.8 Å². The molecule has 1 aliphatic heterocycles. The maximum absolute atomic E-state index is 3.75. The van der Waals surface area contributed by atoms with Gasteiger partial charge in [-0.25, -0.2) is 0 Å². The average molecular weight is 185 g/mol. The molecule has 0 aromatic carbocycles. The van der Waals surface area contributed by atoms with Gasteiger partial charge in [-0.3, -0.25) is 0 Å². The third-order valence-corrected chi connectivity index (χ3v) is 4.94. The van der Waals surface area contributed by atoms with Crippen molar-refractivity contribution in [1.82, 2.24) is 5.32 Å². The molecule has 1 saturated heterocycles. The molecule has 0 aromatic rings. The molecule has 1 heterocycles. The summed E-state index contributed by atoms with van der Waals surface area (Å²) in [6.07, 6.45) is 2.82. The van der Waals surface area contributed by atoms with Gasteiger partial charge in [0.2, 0.25) is 0 Å². The van der Waals surface area contributed by atoms with E-state index < -0.39 is 0 Å². The third-order valence-electron chi connectivity index (χ3n) is 3.31. The Hall–Kier alpha value is 0.310. The van der Waals surface area contributed by atoms with Crippen molar-refractivity contribution < 1.29 is 0 Å². The van der Waals surface area contributed by atoms with Crippen molar-refractivity contribution in [2.45, 2.75) is 50.9 Å². The monoisotopic (exact) mass is 185 g/mol. The van der Waals surface area contributed by atoms with Gasteiger partial charge in [-0.15, -0.1) is 0 Å². The summed E-state index contributed by atoms with van der Waals surface area (Å²) < 4.78 is 0. The Kier molecular flexibility index (Phi) is 2.16. The first-order valence-corrected chi connectivity index (χ1v) is 6.02. The lowest BCUT2D eigenvalue weighted by molar-refractivity contribution is 0.269. The fourth-order valence-electron chi connectivity index (χ4n) is 2.47. The second-order valence-electron chi connectivity index (χ2n) is 4.94. The van der Waals surface area contributed by atoms with Gasteiger partial charge < -0.3 is 5.32 Å². The Morgan fingerprint density at radius 1 is 1.42 bits per heavy atom. The van der Waals surface area contributed by atoms with Crippen molar-refractivity contribution in [1.29, 1.82) is 0 Å². The molecule has 0 spiro atoms. The zero-order valence-corrected chi connectivity index (χ0v) is 9.08. The summed E-state index contributed by atoms with van der Waals surface area (Å²) in [7, 11) is 0. The minimum atomic E-state index is 0.534. The van der Waals surface area contributed by atoms with Crippen LogP contribution in [0.25, 0.3) is 0 Å². The number of hydrogen-bond donors (Lipinski definition) is 1. The van der Waals surface area contributed by atoms with E-state index in [1.807, 2.05) is 0 Å². The topological polar surface area (TPSA) is 12.0 Å². The van der Waals surface area contributed by atoms with E-state index in [0.717, 1.165) is 11.3 Å². The van der Waals surface area contributed by atoms with Crippen LogP contribution in [0.2, 0.25) is 0 Å². The van der Waals surface area contributed by atoms with Crippen LogP contribution in [0.5, 0.6) is 0 Å². The molecule has 3 atom stereocenters. The van der Waals surface area contributed by atoms with E-state index in [-0.39, 0.29) is 0 Å². The van der Waals surface area contributed by atoms with E-state index in [4.69, 9.17) is 0 Å². The normalized spacial score (nSPS) is 45.8. The van der Waals surface area contributed by atoms with Gasteiger partial charge in [0.05, 0.1) is 0 Å². The molecule has 1 N–H and O–H groups in total. The highest BCUT2D eigenvalue weighted by Gasteiger charge is 2.44. The van der Waals surface area contributed by atoms with Crippen LogP contribution >= 0.6 is 11.8 Å². The van der Waals surface area contributed by atoms with Crippen LogP contribution in [0.3, 0.4) is 0 Å². The van der Waals surface area contributed by atoms with Crippen molar-refractivity contribution in [3.8, 4) is 0 Å². The first-order chi connectivity index (χ1) is 5.59. The van der Waals surface area contributed by atoms with Crippen LogP contribution in [-0.2, 0) is 0 Å². The summed E-state index contributed by atoms with van der Waals surface area (Å²) in [6, 6.07) is 1.49. The summed E-state index contributed by atoms with van der Waals surface area (Å²) in [5.41, 5.74) is 0.534. The summed E-state index contributed by atoms with van der Waals surface area (Å²) in [5, 5.41) is 4.65. The summed E-state index contributed by atoms with van der Waals surface area (Å²) in [5.74, 6) is 1.30. The minimum absolute atomic E-state index is 0.534. The molecule has 0 amide bonds. The highest BCUT2D eigenvalue weighted by molar-refractivity contribution is 8.00. The van der Waals surface area contributed by atoms with Crippen LogP contribution < -0.4 is 5.32 Å². The maximum atomic E-state index is 3.75. The molecule has 0 aromatic heterocycles. The number of thioether (sulfide) groups is 1. The molecular formula is C10H19NS. The van der Waals surface area contributed by atoms with Crippen molar-refractivity contribution in [3.63, 3.8) is 0 Å². The number of rotatable bonds is 0. The average Bonchev–Trinajstić information content (AvgIpc) is 2.28. The SMILES string of the molecule is CC1CSC2CCC(C)(C)C2N1. The predicted octanol–water partition coefficient (Wildman–Crippen LogP) is 2.27. The standard InChI is InChI=1S/C10H19NS/c1-7-6-12-8-4-5-10(2,3)9(8)11-7/h7-9,11H,4-6H2,1-3H3. The number of hydrogen-bond acceptors (Lipinski definition) is 2. The Labute approximate surface area is 79.7 Å². The fraction of sp³-hybridized carbons (Fsp3) is 1.00. The second kappa shape index (κ2) is 2.91. The van der Waals surface area contributed by atoms with Crippen molar-refractivity contribution in [3.05, 3.63) is 0 Å². The quantitative estimate of drug-likeness (QED) is 0.621. The van der Waals surface area contributed by atoms with E-state index in [9.17, 15) is 0 Å². The molecule has 0 bridgehead atoms. The lowest BCUT2D eigenvalue weighted by atomic mass is 9.87. The van der Waals surface area contributed by atoms with Crippen LogP contribution in [0.1, 0.15) is 33.6 Å². The maximum Gasteiger partial charge on any atom is 0.0240 e. The Morgan fingerprint density at radius 3 is 2.92 bits per heavy atom. The molecule has 3 unspecified atom stereocenters. The van der Waals surface area contributed by atoms with E-state index >= 15 is 0 Å². The van der Waals surface area contributed by atoms with Gasteiger partial charge in [0, 0.05) is 23.1 Å². The van der Waals surface area contributed by atoms with Crippen molar-refractivity contribution in [2.24, 2.45) is 5.41 Å². The zero-order chi connectivity index (χ0) is 8.77. The van der Waals surface area contributed by atoms with E-state index in [2.05, 4.69) is 37.8 Å². The van der Waals surface area contributed by atoms with E-state index in [1.165, 1.54) is 18.6 Å². The minimum Gasteiger partial charge on any atom is -0.309 e. The smallest absolute Gasteiger partial charge is 0.0240 e. The highest BCUT2D eigenvalue weighted by atomic mass is 32.2. The molecule has 12 heavy (non-hydrogen) atoms. The zero-order valence-electron chi connectivity index (χ0n) is 8.26. The molecule has 1 saturated carbocycles. The summed E-state index contributed by atoms with van der Waals surface area (Å²) >= 11 is 2.18. The molecule has 1 aliphatic carbocycles. The molecule has 2 aliphatic rings. The molecule has 0 radical (unpaired) electrons. The Morgan fingerprint density at radius 2 is 2.17 bits per heavy atom. The molecule has 2 heteroatoms. The molecule has 2 rings (SSSR count). The summed E-state index contributed by atoms with van der Waals surface area (Å²) in [6.45, 7) is 7.12. The predicted molar refractivity (Wildman–Crippen MR) is 55.6 cm³/mol. The van der Waals surface area contributed by atoms with E-state index in [0.29, 0.717) is 11.5 Å². The van der Waals surface area contributed by atoms with Crippen LogP contribution in [0, 0.1) is 5.41 Å². The Balaban J connectivity index is 2.10. The van der Waals surface area contributed by atoms with Gasteiger partial charge in [0.15, 0.2) is 0 Å². The van der Waals surface area contributed by atoms with Crippen LogP contribution in [0.15, 0.2) is 0 Å². The van der Waals surface area contributed by atoms with Crippen LogP contribution in [0.4, 0.5) is 0 Å². The molecular weight excluding hydrogens is 166 g/mol. The van der Waals surface area contributed by atoms with Gasteiger partial charge in [-0.1, -0.05) is 13.8 Å². The lowest BCUT2D eigenvalue weighted by Gasteiger charge is -2.38. The van der Waals surface area contributed by atoms with Crippen molar-refractivity contribution in [2.75, 3.05) is 5.75 Å². The van der Waals surface area contributed by atoms with Gasteiger partial charge in [-0.05, 0) is 25.2 Å². The molecule has 1 nitrogen and oxygen atoms in total. The first kappa shape index (κ1) is 8.89. The van der Waals surface area contributed by atoms with Crippen molar-refractivity contribution >= 4 is 11.8 Å². The van der Waals surface area contributed by atoms with Crippen LogP contribution in [-0.4, -0.2) is 23.1 Å². The van der Waals surface area contributed by atoms with Gasteiger partial charge in [0.25, 0.3) is 0 Å². The third kappa shape index (κ3) is 1.39. The number of nitrogens with one attached hydrogen (secondary N) is 1. The fourth-order valence-corrected chi connectivity index (χ4v) is 4.03. The second-order valence-corrected chi connectivity index (χ2v) is 6.22. The van der Waals surface area contributed by atoms with E-state index in [1.54, 1.807) is 0 Å². The first-order valence-electron chi connectivity index (χ1n) is 4.97. The molecule has 2 fully saturated rings. The number of fused-ring (bicyclic) bond motifs is 1. The Bertz CT molecular complexity index is 179. The van der Waals surface area contributed by atoms with Gasteiger partial charge in [0.1, 0.15) is 0 Å². The highest BCUT2D eigenvalue weighted by Crippen LogP contribution is 2.45.